The zero-order valence-electron chi connectivity index (χ0n) is 19.8. The molecule has 1 aliphatic heterocycles. The smallest absolute Gasteiger partial charge is 0.252 e. The van der Waals surface area contributed by atoms with Crippen molar-refractivity contribution in [3.63, 3.8) is 0 Å². The third-order valence-corrected chi connectivity index (χ3v) is 8.56. The molecule has 1 N–H and O–H groups in total. The van der Waals surface area contributed by atoms with Gasteiger partial charge in [-0.15, -0.1) is 0 Å². The molecule has 192 valence electrons. The molecule has 3 aliphatic rings. The fourth-order valence-corrected chi connectivity index (χ4v) is 6.20. The van der Waals surface area contributed by atoms with Crippen LogP contribution >= 0.6 is 23.2 Å². The van der Waals surface area contributed by atoms with E-state index in [-0.39, 0.29) is 5.88 Å². The summed E-state index contributed by atoms with van der Waals surface area (Å²) < 4.78 is 27.1. The number of nitrogens with one attached hydrogen (secondary N) is 1. The Morgan fingerprint density at radius 2 is 1.76 bits per heavy atom. The number of amides is 1. The number of hydrogen-bond acceptors (Lipinski definition) is 6. The molecule has 1 saturated heterocycles. The van der Waals surface area contributed by atoms with Crippen molar-refractivity contribution < 1.29 is 17.7 Å². The van der Waals surface area contributed by atoms with Crippen molar-refractivity contribution in [3.05, 3.63) is 75.5 Å². The molecule has 37 heavy (non-hydrogen) atoms. The van der Waals surface area contributed by atoms with Crippen LogP contribution in [0.3, 0.4) is 0 Å². The highest BCUT2D eigenvalue weighted by atomic mass is 35.5. The molecule has 1 amide bonds. The zero-order chi connectivity index (χ0) is 25.7. The Bertz CT molecular complexity index is 1420. The standard InChI is InChI=1S/C27H25Cl2N3O4S/c28-22-2-1-3-23(29)24(22)25-19(26(36-31-25)15-4-5-15)11-10-18-20-12-32(13-21(18)20)17-8-6-16(7-9-17)27(33)30-14-37(34)35/h1-3,6-11,15,18,20-21,37H,4-5,12-14H2,(H,30,33)/b11-10+. The molecule has 6 rings (SSSR count). The van der Waals surface area contributed by atoms with Crippen LogP contribution in [-0.4, -0.2) is 38.4 Å². The minimum atomic E-state index is -2.64. The number of hydrogen-bond donors (Lipinski definition) is 2. The Hall–Kier alpha value is -2.81. The lowest BCUT2D eigenvalue weighted by Gasteiger charge is -2.21. The number of nitrogens with zero attached hydrogens (tertiary/aromatic N) is 2. The van der Waals surface area contributed by atoms with E-state index in [4.69, 9.17) is 27.7 Å². The molecule has 0 radical (unpaired) electrons. The van der Waals surface area contributed by atoms with Gasteiger partial charge in [0.15, 0.2) is 10.7 Å². The predicted octanol–water partition coefficient (Wildman–Crippen LogP) is 5.22. The molecule has 2 saturated carbocycles. The average molecular weight is 558 g/mol. The highest BCUT2D eigenvalue weighted by Crippen LogP contribution is 2.54. The Balaban J connectivity index is 1.13. The summed E-state index contributed by atoms with van der Waals surface area (Å²) in [6, 6.07) is 12.8. The van der Waals surface area contributed by atoms with E-state index < -0.39 is 16.6 Å². The molecule has 2 aliphatic carbocycles. The lowest BCUT2D eigenvalue weighted by atomic mass is 10.0. The molecule has 0 spiro atoms. The molecule has 2 aromatic carbocycles. The van der Waals surface area contributed by atoms with Gasteiger partial charge in [0.1, 0.15) is 17.3 Å². The van der Waals surface area contributed by atoms with Crippen molar-refractivity contribution in [3.8, 4) is 11.3 Å². The lowest BCUT2D eigenvalue weighted by molar-refractivity contribution is 0.0960. The molecule has 2 atom stereocenters. The molecule has 10 heteroatoms. The van der Waals surface area contributed by atoms with Crippen molar-refractivity contribution in [1.29, 1.82) is 0 Å². The summed E-state index contributed by atoms with van der Waals surface area (Å²) in [4.78, 5) is 14.4. The van der Waals surface area contributed by atoms with Gasteiger partial charge in [0.2, 0.25) is 0 Å². The maximum Gasteiger partial charge on any atom is 0.252 e. The van der Waals surface area contributed by atoms with Gasteiger partial charge in [-0.3, -0.25) is 4.79 Å². The number of halogens is 2. The third kappa shape index (κ3) is 4.90. The fourth-order valence-electron chi connectivity index (χ4n) is 5.35. The minimum absolute atomic E-state index is 0.357. The monoisotopic (exact) mass is 557 g/mol. The topological polar surface area (TPSA) is 92.5 Å². The largest absolute Gasteiger partial charge is 0.371 e. The fraction of sp³-hybridized carbons (Fsp3) is 0.333. The van der Waals surface area contributed by atoms with Gasteiger partial charge in [-0.1, -0.05) is 46.6 Å². The van der Waals surface area contributed by atoms with Crippen LogP contribution in [0.25, 0.3) is 17.3 Å². The number of allylic oxidation sites excluding steroid dienone is 1. The number of aromatic nitrogens is 1. The van der Waals surface area contributed by atoms with Crippen molar-refractivity contribution >= 4 is 51.6 Å². The van der Waals surface area contributed by atoms with Gasteiger partial charge in [0, 0.05) is 41.4 Å². The summed E-state index contributed by atoms with van der Waals surface area (Å²) in [6.45, 7) is 1.90. The Labute approximate surface area is 226 Å². The number of fused-ring (bicyclic) bond motifs is 1. The quantitative estimate of drug-likeness (QED) is 0.369. The summed E-state index contributed by atoms with van der Waals surface area (Å²) in [7, 11) is -2.64. The Morgan fingerprint density at radius 1 is 1.08 bits per heavy atom. The van der Waals surface area contributed by atoms with E-state index in [1.54, 1.807) is 12.1 Å². The van der Waals surface area contributed by atoms with Crippen molar-refractivity contribution in [2.45, 2.75) is 18.8 Å². The average Bonchev–Trinajstić information content (AvgIpc) is 3.75. The van der Waals surface area contributed by atoms with E-state index in [0.717, 1.165) is 42.9 Å². The van der Waals surface area contributed by atoms with E-state index in [2.05, 4.69) is 27.5 Å². The summed E-state index contributed by atoms with van der Waals surface area (Å²) >= 11 is 13.0. The van der Waals surface area contributed by atoms with Crippen molar-refractivity contribution in [2.75, 3.05) is 23.9 Å². The molecular weight excluding hydrogens is 533 g/mol. The van der Waals surface area contributed by atoms with Gasteiger partial charge >= 0.3 is 0 Å². The number of rotatable bonds is 8. The first-order valence-electron chi connectivity index (χ1n) is 12.3. The lowest BCUT2D eigenvalue weighted by Crippen LogP contribution is -2.26. The molecule has 7 nitrogen and oxygen atoms in total. The second-order valence-corrected chi connectivity index (χ2v) is 11.7. The van der Waals surface area contributed by atoms with E-state index >= 15 is 0 Å². The molecule has 2 heterocycles. The maximum absolute atomic E-state index is 12.0. The van der Waals surface area contributed by atoms with Gasteiger partial charge in [-0.25, -0.2) is 8.42 Å². The van der Waals surface area contributed by atoms with Crippen molar-refractivity contribution in [1.82, 2.24) is 10.5 Å². The van der Waals surface area contributed by atoms with Crippen LogP contribution < -0.4 is 10.2 Å². The van der Waals surface area contributed by atoms with E-state index in [1.807, 2.05) is 30.3 Å². The summed E-state index contributed by atoms with van der Waals surface area (Å²) in [6.07, 6.45) is 6.64. The van der Waals surface area contributed by atoms with Gasteiger partial charge in [0.25, 0.3) is 5.91 Å². The zero-order valence-corrected chi connectivity index (χ0v) is 22.2. The summed E-state index contributed by atoms with van der Waals surface area (Å²) in [5.74, 6) is 2.21. The van der Waals surface area contributed by atoms with E-state index in [9.17, 15) is 13.2 Å². The van der Waals surface area contributed by atoms with Crippen LogP contribution in [0.2, 0.25) is 10.0 Å². The summed E-state index contributed by atoms with van der Waals surface area (Å²) in [5, 5.41) is 7.87. The van der Waals surface area contributed by atoms with E-state index in [1.165, 1.54) is 0 Å². The first-order valence-corrected chi connectivity index (χ1v) is 14.4. The summed E-state index contributed by atoms with van der Waals surface area (Å²) in [5.41, 5.74) is 3.90. The van der Waals surface area contributed by atoms with Gasteiger partial charge in [-0.2, -0.15) is 0 Å². The Morgan fingerprint density at radius 3 is 2.38 bits per heavy atom. The number of anilines is 1. The molecular formula is C27H25Cl2N3O4S. The van der Waals surface area contributed by atoms with Gasteiger partial charge in [0.05, 0.1) is 10.0 Å². The molecule has 3 fully saturated rings. The van der Waals surface area contributed by atoms with E-state index in [0.29, 0.717) is 50.5 Å². The van der Waals surface area contributed by atoms with Gasteiger partial charge in [-0.05, 0) is 67.0 Å². The number of piperidine rings is 1. The second-order valence-electron chi connectivity index (χ2n) is 9.89. The molecule has 1 aromatic heterocycles. The molecule has 2 unspecified atom stereocenters. The highest BCUT2D eigenvalue weighted by Gasteiger charge is 2.54. The number of benzene rings is 2. The number of carbonyl (C=O) groups excluding carboxylic acids is 1. The van der Waals surface area contributed by atoms with Crippen LogP contribution in [0, 0.1) is 17.8 Å². The van der Waals surface area contributed by atoms with Crippen LogP contribution in [0.15, 0.2) is 53.1 Å². The Kier molecular flexibility index (Phi) is 6.51. The first-order chi connectivity index (χ1) is 17.9. The number of thiol groups is 1. The van der Waals surface area contributed by atoms with Crippen LogP contribution in [0.4, 0.5) is 5.69 Å². The van der Waals surface area contributed by atoms with Crippen LogP contribution in [0.1, 0.15) is 40.4 Å². The molecule has 3 aromatic rings. The van der Waals surface area contributed by atoms with Crippen LogP contribution in [0.5, 0.6) is 0 Å². The maximum atomic E-state index is 12.0. The minimum Gasteiger partial charge on any atom is -0.371 e. The SMILES string of the molecule is O=C(NC[SH](=O)=O)c1ccc(N2CC3C(/C=C/c4c(-c5c(Cl)cccc5Cl)noc4C4CC4)C3C2)cc1. The first kappa shape index (κ1) is 24.5. The highest BCUT2D eigenvalue weighted by molar-refractivity contribution is 7.72. The van der Waals surface area contributed by atoms with Crippen molar-refractivity contribution in [2.24, 2.45) is 17.8 Å². The van der Waals surface area contributed by atoms with Crippen LogP contribution in [-0.2, 0) is 10.7 Å². The van der Waals surface area contributed by atoms with Gasteiger partial charge < -0.3 is 14.7 Å². The number of carbonyl (C=O) groups is 1. The molecule has 0 bridgehead atoms. The third-order valence-electron chi connectivity index (χ3n) is 7.51. The predicted molar refractivity (Wildman–Crippen MR) is 145 cm³/mol. The normalized spacial score (nSPS) is 22.6. The second kappa shape index (κ2) is 9.82.